The summed E-state index contributed by atoms with van der Waals surface area (Å²) in [4.78, 5) is 35.0. The average Bonchev–Trinajstić information content (AvgIpc) is 3.04. The summed E-state index contributed by atoms with van der Waals surface area (Å²) >= 11 is 0. The minimum absolute atomic E-state index is 0.00968. The van der Waals surface area contributed by atoms with E-state index in [0.717, 1.165) is 64.5 Å². The molecule has 7 rings (SSSR count). The van der Waals surface area contributed by atoms with Crippen molar-refractivity contribution in [2.45, 2.75) is 99.0 Å². The third kappa shape index (κ3) is 4.58. The largest absolute Gasteiger partial charge is 0.469 e. The van der Waals surface area contributed by atoms with Crippen LogP contribution in [0.3, 0.4) is 0 Å². The second-order valence-corrected chi connectivity index (χ2v) is 17.9. The van der Waals surface area contributed by atoms with Crippen molar-refractivity contribution in [3.8, 4) is 0 Å². The smallest absolute Gasteiger partial charge is 0.312 e. The number of methoxy groups -OCH3 is 1. The Morgan fingerprint density at radius 3 is 2.33 bits per heavy atom. The maximum atomic E-state index is 14.5. The van der Waals surface area contributed by atoms with Crippen LogP contribution in [0.2, 0.25) is 0 Å². The van der Waals surface area contributed by atoms with E-state index in [4.69, 9.17) is 9.47 Å². The van der Waals surface area contributed by atoms with Crippen molar-refractivity contribution < 1.29 is 19.1 Å². The van der Waals surface area contributed by atoms with Gasteiger partial charge in [-0.3, -0.25) is 19.5 Å². The van der Waals surface area contributed by atoms with Crippen LogP contribution in [0.5, 0.6) is 0 Å². The Balaban J connectivity index is 1.29. The zero-order valence-electron chi connectivity index (χ0n) is 29.5. The third-order valence-electron chi connectivity index (χ3n) is 15.6. The van der Waals surface area contributed by atoms with Gasteiger partial charge in [0.05, 0.1) is 25.7 Å². The normalized spacial score (nSPS) is 45.8. The first-order valence-electron chi connectivity index (χ1n) is 18.3. The van der Waals surface area contributed by atoms with Crippen LogP contribution >= 0.6 is 0 Å². The van der Waals surface area contributed by atoms with Crippen LogP contribution in [-0.4, -0.2) is 55.0 Å². The molecule has 6 aliphatic rings. The molecular formula is C40H58N2O4. The number of ether oxygens (including phenoxy) is 2. The van der Waals surface area contributed by atoms with Gasteiger partial charge in [0.15, 0.2) is 0 Å². The molecule has 0 spiro atoms. The molecule has 6 heteroatoms. The first kappa shape index (κ1) is 32.5. The number of ketones is 1. The highest BCUT2D eigenvalue weighted by Crippen LogP contribution is 2.75. The highest BCUT2D eigenvalue weighted by atomic mass is 16.5. The lowest BCUT2D eigenvalue weighted by Crippen LogP contribution is -2.66. The second-order valence-electron chi connectivity index (χ2n) is 17.9. The third-order valence-corrected chi connectivity index (χ3v) is 15.6. The van der Waals surface area contributed by atoms with E-state index >= 15 is 0 Å². The van der Waals surface area contributed by atoms with Gasteiger partial charge in [0.1, 0.15) is 5.78 Å². The number of pyridine rings is 1. The SMILES string of the molecule is COC(=O)[C@]12CCC(C)(C)CC1C1C=CC3[C@@]4(C)CC(C(c5ccncc5)N5CCOCC5)C(=O)[C@H](C)C4CC[C@@]3(C)[C@]1(C)CC2. The molecule has 0 bridgehead atoms. The van der Waals surface area contributed by atoms with Crippen molar-refractivity contribution in [2.24, 2.45) is 62.6 Å². The van der Waals surface area contributed by atoms with Crippen LogP contribution < -0.4 is 0 Å². The van der Waals surface area contributed by atoms with Gasteiger partial charge < -0.3 is 9.47 Å². The summed E-state index contributed by atoms with van der Waals surface area (Å²) in [6.45, 7) is 17.9. The van der Waals surface area contributed by atoms with Gasteiger partial charge in [-0.05, 0) is 114 Å². The molecular weight excluding hydrogens is 572 g/mol. The fraction of sp³-hybridized carbons (Fsp3) is 0.775. The molecule has 6 unspecified atom stereocenters. The number of carbonyl (C=O) groups excluding carboxylic acids is 2. The lowest BCUT2D eigenvalue weighted by molar-refractivity contribution is -0.210. The topological polar surface area (TPSA) is 68.7 Å². The fourth-order valence-corrected chi connectivity index (χ4v) is 12.9. The van der Waals surface area contributed by atoms with E-state index in [1.165, 1.54) is 5.56 Å². The molecule has 0 N–H and O–H groups in total. The highest BCUT2D eigenvalue weighted by molar-refractivity contribution is 5.85. The van der Waals surface area contributed by atoms with Gasteiger partial charge in [-0.1, -0.05) is 53.7 Å². The highest BCUT2D eigenvalue weighted by Gasteiger charge is 2.70. The standard InChI is InChI=1S/C40H58N2O4/c1-26-29-10-13-39(6)32(9-8-30-31-25-36(2,3)14-16-40(31,35(44)45-7)17-15-38(30,39)5)37(29,4)24-28(34(26)43)33(27-11-18-41-19-12-27)42-20-22-46-23-21-42/h8-9,11-12,18-19,26,28-33H,10,13-17,20-25H2,1-7H3/t26-,28?,29?,30?,31?,32?,33?,37+,38-,39-,40+/m1/s1. The summed E-state index contributed by atoms with van der Waals surface area (Å²) in [7, 11) is 1.59. The molecule has 0 aromatic carbocycles. The molecule has 11 atom stereocenters. The van der Waals surface area contributed by atoms with Crippen LogP contribution in [-0.2, 0) is 19.1 Å². The molecule has 0 radical (unpaired) electrons. The molecule has 46 heavy (non-hydrogen) atoms. The second kappa shape index (κ2) is 11.3. The molecule has 0 amide bonds. The van der Waals surface area contributed by atoms with Gasteiger partial charge in [0.2, 0.25) is 0 Å². The van der Waals surface area contributed by atoms with Crippen molar-refractivity contribution in [3.63, 3.8) is 0 Å². The minimum Gasteiger partial charge on any atom is -0.469 e. The van der Waals surface area contributed by atoms with Gasteiger partial charge >= 0.3 is 5.97 Å². The number of fused-ring (bicyclic) bond motifs is 7. The van der Waals surface area contributed by atoms with E-state index in [9.17, 15) is 9.59 Å². The molecule has 5 fully saturated rings. The predicted octanol–water partition coefficient (Wildman–Crippen LogP) is 7.69. The zero-order valence-corrected chi connectivity index (χ0v) is 29.5. The molecule has 252 valence electrons. The number of hydrogen-bond acceptors (Lipinski definition) is 6. The quantitative estimate of drug-likeness (QED) is 0.251. The van der Waals surface area contributed by atoms with Crippen LogP contribution in [0.25, 0.3) is 0 Å². The lowest BCUT2D eigenvalue weighted by Gasteiger charge is -2.71. The Kier molecular flexibility index (Phi) is 7.95. The van der Waals surface area contributed by atoms with Crippen molar-refractivity contribution in [1.29, 1.82) is 0 Å². The van der Waals surface area contributed by atoms with Crippen LogP contribution in [0.15, 0.2) is 36.7 Å². The minimum atomic E-state index is -0.365. The van der Waals surface area contributed by atoms with E-state index in [-0.39, 0.29) is 50.9 Å². The lowest BCUT2D eigenvalue weighted by atomic mass is 9.33. The maximum Gasteiger partial charge on any atom is 0.312 e. The first-order valence-corrected chi connectivity index (χ1v) is 18.3. The van der Waals surface area contributed by atoms with Gasteiger partial charge in [0, 0.05) is 43.4 Å². The Morgan fingerprint density at radius 1 is 0.935 bits per heavy atom. The summed E-state index contributed by atoms with van der Waals surface area (Å²) in [5.41, 5.74) is 1.26. The first-order chi connectivity index (χ1) is 21.8. The Labute approximate surface area is 277 Å². The van der Waals surface area contributed by atoms with E-state index in [0.29, 0.717) is 42.7 Å². The molecule has 5 aliphatic carbocycles. The van der Waals surface area contributed by atoms with E-state index < -0.39 is 0 Å². The van der Waals surface area contributed by atoms with Crippen molar-refractivity contribution in [3.05, 3.63) is 42.2 Å². The Bertz CT molecular complexity index is 1370. The Hall–Kier alpha value is -2.05. The molecule has 1 aromatic rings. The molecule has 2 heterocycles. The maximum absolute atomic E-state index is 14.5. The molecule has 1 aromatic heterocycles. The van der Waals surface area contributed by atoms with E-state index in [2.05, 4.69) is 75.7 Å². The summed E-state index contributed by atoms with van der Waals surface area (Å²) in [6.07, 6.45) is 17.2. The summed E-state index contributed by atoms with van der Waals surface area (Å²) in [5, 5.41) is 0. The van der Waals surface area contributed by atoms with E-state index in [1.807, 2.05) is 12.4 Å². The van der Waals surface area contributed by atoms with Crippen molar-refractivity contribution >= 4 is 11.8 Å². The van der Waals surface area contributed by atoms with E-state index in [1.54, 1.807) is 7.11 Å². The fourth-order valence-electron chi connectivity index (χ4n) is 12.9. The van der Waals surface area contributed by atoms with Crippen LogP contribution in [0.4, 0.5) is 0 Å². The number of carbonyl (C=O) groups is 2. The number of allylic oxidation sites excluding steroid dienone is 2. The van der Waals surface area contributed by atoms with Crippen molar-refractivity contribution in [1.82, 2.24) is 9.88 Å². The van der Waals surface area contributed by atoms with Gasteiger partial charge in [-0.2, -0.15) is 0 Å². The summed E-state index contributed by atoms with van der Waals surface area (Å²) in [6, 6.07) is 4.30. The summed E-state index contributed by atoms with van der Waals surface area (Å²) in [5.74, 6) is 1.89. The molecule has 1 saturated heterocycles. The monoisotopic (exact) mass is 630 g/mol. The number of Topliss-reactive ketones (excluding diaryl/α,β-unsaturated/α-hetero) is 1. The number of aromatic nitrogens is 1. The zero-order chi connectivity index (χ0) is 32.7. The van der Waals surface area contributed by atoms with Gasteiger partial charge in [-0.15, -0.1) is 0 Å². The molecule has 1 aliphatic heterocycles. The number of hydrogen-bond donors (Lipinski definition) is 0. The predicted molar refractivity (Wildman–Crippen MR) is 180 cm³/mol. The summed E-state index contributed by atoms with van der Waals surface area (Å²) < 4.78 is 11.4. The van der Waals surface area contributed by atoms with Crippen molar-refractivity contribution in [2.75, 3.05) is 33.4 Å². The number of nitrogens with zero attached hydrogens (tertiary/aromatic N) is 2. The number of morpholine rings is 1. The van der Waals surface area contributed by atoms with Gasteiger partial charge in [0.25, 0.3) is 0 Å². The van der Waals surface area contributed by atoms with Crippen LogP contribution in [0, 0.1) is 62.6 Å². The number of rotatable bonds is 4. The Morgan fingerprint density at radius 2 is 1.63 bits per heavy atom. The van der Waals surface area contributed by atoms with Gasteiger partial charge in [-0.25, -0.2) is 0 Å². The van der Waals surface area contributed by atoms with Crippen LogP contribution in [0.1, 0.15) is 105 Å². The average molecular weight is 631 g/mol. The number of esters is 1. The molecule has 6 nitrogen and oxygen atoms in total. The molecule has 4 saturated carbocycles.